The quantitative estimate of drug-likeness (QED) is 0.530. The van der Waals surface area contributed by atoms with E-state index in [1.54, 1.807) is 4.90 Å². The van der Waals surface area contributed by atoms with Crippen molar-refractivity contribution in [1.29, 1.82) is 0 Å². The molecule has 2 aromatic carbocycles. The second-order valence-electron chi connectivity index (χ2n) is 7.89. The van der Waals surface area contributed by atoms with E-state index in [2.05, 4.69) is 0 Å². The van der Waals surface area contributed by atoms with Crippen LogP contribution in [0.5, 0.6) is 0 Å². The molecule has 1 N–H and O–H groups in total. The molecule has 1 heterocycles. The smallest absolute Gasteiger partial charge is 0.416 e. The number of carbonyl (C=O) groups is 1. The van der Waals surface area contributed by atoms with Crippen LogP contribution in [0.3, 0.4) is 0 Å². The molecule has 0 aromatic heterocycles. The summed E-state index contributed by atoms with van der Waals surface area (Å²) in [5.74, 6) is -2.32. The van der Waals surface area contributed by atoms with Crippen molar-refractivity contribution in [1.82, 2.24) is 4.90 Å². The van der Waals surface area contributed by atoms with Gasteiger partial charge in [0.05, 0.1) is 11.1 Å². The molecular formula is C22H20F7NO2. The second-order valence-corrected chi connectivity index (χ2v) is 7.89. The summed E-state index contributed by atoms with van der Waals surface area (Å²) < 4.78 is 92.4. The summed E-state index contributed by atoms with van der Waals surface area (Å²) in [5, 5.41) is 9.10. The predicted octanol–water partition coefficient (Wildman–Crippen LogP) is 6.29. The van der Waals surface area contributed by atoms with Crippen LogP contribution in [0.25, 0.3) is 0 Å². The highest BCUT2D eigenvalue weighted by Crippen LogP contribution is 2.40. The van der Waals surface area contributed by atoms with Crippen LogP contribution in [-0.4, -0.2) is 22.5 Å². The van der Waals surface area contributed by atoms with Gasteiger partial charge in [0.2, 0.25) is 0 Å². The summed E-state index contributed by atoms with van der Waals surface area (Å²) in [6.45, 7) is 0.0406. The molecule has 2 atom stereocenters. The van der Waals surface area contributed by atoms with Crippen LogP contribution in [0, 0.1) is 11.7 Å². The minimum Gasteiger partial charge on any atom is -0.481 e. The van der Waals surface area contributed by atoms with Crippen molar-refractivity contribution in [2.45, 2.75) is 44.2 Å². The molecule has 0 radical (unpaired) electrons. The maximum absolute atomic E-state index is 13.4. The summed E-state index contributed by atoms with van der Waals surface area (Å²) in [5.41, 5.74) is -1.68. The Hall–Kier alpha value is -2.62. The van der Waals surface area contributed by atoms with E-state index in [-0.39, 0.29) is 37.4 Å². The van der Waals surface area contributed by atoms with E-state index in [9.17, 15) is 35.5 Å². The van der Waals surface area contributed by atoms with Gasteiger partial charge in [0.25, 0.3) is 0 Å². The van der Waals surface area contributed by atoms with E-state index in [1.165, 1.54) is 12.1 Å². The van der Waals surface area contributed by atoms with Crippen molar-refractivity contribution in [2.24, 2.45) is 5.92 Å². The average Bonchev–Trinajstić information content (AvgIpc) is 2.68. The topological polar surface area (TPSA) is 40.5 Å². The molecule has 1 fully saturated rings. The number of nitrogens with zero attached hydrogens (tertiary/aromatic N) is 1. The zero-order valence-corrected chi connectivity index (χ0v) is 16.7. The SMILES string of the molecule is O=C(O)CC1CCN(Cc2ccc(F)cc2C(F)(F)F)C(c2ccc(C(F)(F)F)cc2)C1. The second kappa shape index (κ2) is 9.09. The molecular weight excluding hydrogens is 443 g/mol. The molecule has 3 rings (SSSR count). The number of hydrogen-bond donors (Lipinski definition) is 1. The van der Waals surface area contributed by atoms with Crippen LogP contribution in [0.4, 0.5) is 30.7 Å². The van der Waals surface area contributed by atoms with Crippen molar-refractivity contribution < 1.29 is 40.6 Å². The van der Waals surface area contributed by atoms with Gasteiger partial charge in [-0.2, -0.15) is 26.3 Å². The molecule has 10 heteroatoms. The van der Waals surface area contributed by atoms with Crippen LogP contribution in [0.1, 0.15) is 47.6 Å². The number of carboxylic acids is 1. The fourth-order valence-corrected chi connectivity index (χ4v) is 4.12. The maximum atomic E-state index is 13.4. The third kappa shape index (κ3) is 5.79. The van der Waals surface area contributed by atoms with E-state index in [0.29, 0.717) is 18.1 Å². The first-order valence-electron chi connectivity index (χ1n) is 9.83. The standard InChI is InChI=1S/C22H20F7NO2/c23-17-6-3-15(18(11-17)22(27,28)29)12-30-8-7-13(10-20(31)32)9-19(30)14-1-4-16(5-2-14)21(24,25)26/h1-6,11,13,19H,7-10,12H2,(H,31,32). The molecule has 1 saturated heterocycles. The Morgan fingerprint density at radius 2 is 1.66 bits per heavy atom. The van der Waals surface area contributed by atoms with Gasteiger partial charge in [0, 0.05) is 19.0 Å². The number of alkyl halides is 6. The number of rotatable bonds is 5. The average molecular weight is 463 g/mol. The first-order valence-corrected chi connectivity index (χ1v) is 9.83. The molecule has 2 unspecified atom stereocenters. The Bertz CT molecular complexity index is 954. The van der Waals surface area contributed by atoms with Crippen LogP contribution >= 0.6 is 0 Å². The van der Waals surface area contributed by atoms with Gasteiger partial charge in [-0.15, -0.1) is 0 Å². The number of likely N-dealkylation sites (tertiary alicyclic amines) is 1. The van der Waals surface area contributed by atoms with Gasteiger partial charge in [-0.3, -0.25) is 9.69 Å². The minimum absolute atomic E-state index is 0.144. The van der Waals surface area contributed by atoms with E-state index in [1.807, 2.05) is 0 Å². The van der Waals surface area contributed by atoms with Gasteiger partial charge in [-0.05, 0) is 60.7 Å². The number of aliphatic carboxylic acids is 1. The van der Waals surface area contributed by atoms with Gasteiger partial charge in [0.1, 0.15) is 5.82 Å². The highest BCUT2D eigenvalue weighted by molar-refractivity contribution is 5.67. The Labute approximate surface area is 179 Å². The summed E-state index contributed by atoms with van der Waals surface area (Å²) in [7, 11) is 0. The highest BCUT2D eigenvalue weighted by Gasteiger charge is 2.37. The number of halogens is 7. The minimum atomic E-state index is -4.77. The fraction of sp³-hybridized carbons (Fsp3) is 0.409. The Balaban J connectivity index is 1.92. The van der Waals surface area contributed by atoms with E-state index < -0.39 is 41.3 Å². The van der Waals surface area contributed by atoms with Crippen LogP contribution < -0.4 is 0 Å². The fourth-order valence-electron chi connectivity index (χ4n) is 4.12. The van der Waals surface area contributed by atoms with Gasteiger partial charge >= 0.3 is 18.3 Å². The molecule has 0 aliphatic carbocycles. The molecule has 32 heavy (non-hydrogen) atoms. The molecule has 174 valence electrons. The third-order valence-corrected chi connectivity index (χ3v) is 5.66. The van der Waals surface area contributed by atoms with Crippen molar-refractivity contribution in [3.8, 4) is 0 Å². The third-order valence-electron chi connectivity index (χ3n) is 5.66. The molecule has 3 nitrogen and oxygen atoms in total. The number of hydrogen-bond acceptors (Lipinski definition) is 2. The molecule has 2 aromatic rings. The lowest BCUT2D eigenvalue weighted by Crippen LogP contribution is -2.37. The first-order chi connectivity index (χ1) is 14.8. The Morgan fingerprint density at radius 1 is 1.00 bits per heavy atom. The van der Waals surface area contributed by atoms with Crippen molar-refractivity contribution in [3.63, 3.8) is 0 Å². The Morgan fingerprint density at radius 3 is 2.22 bits per heavy atom. The van der Waals surface area contributed by atoms with E-state index in [4.69, 9.17) is 5.11 Å². The van der Waals surface area contributed by atoms with Gasteiger partial charge < -0.3 is 5.11 Å². The zero-order chi connectivity index (χ0) is 23.7. The molecule has 1 aliphatic rings. The largest absolute Gasteiger partial charge is 0.481 e. The van der Waals surface area contributed by atoms with Crippen LogP contribution in [0.2, 0.25) is 0 Å². The molecule has 0 bridgehead atoms. The maximum Gasteiger partial charge on any atom is 0.416 e. The summed E-state index contributed by atoms with van der Waals surface area (Å²) in [6, 6.07) is 6.12. The number of piperidine rings is 1. The summed E-state index contributed by atoms with van der Waals surface area (Å²) >= 11 is 0. The van der Waals surface area contributed by atoms with Gasteiger partial charge in [-0.25, -0.2) is 4.39 Å². The zero-order valence-electron chi connectivity index (χ0n) is 16.7. The molecule has 1 aliphatic heterocycles. The summed E-state index contributed by atoms with van der Waals surface area (Å²) in [6.07, 6.45) is -8.78. The monoisotopic (exact) mass is 463 g/mol. The van der Waals surface area contributed by atoms with E-state index >= 15 is 0 Å². The van der Waals surface area contributed by atoms with Gasteiger partial charge in [0.15, 0.2) is 0 Å². The number of carboxylic acid groups (broad SMARTS) is 1. The lowest BCUT2D eigenvalue weighted by Gasteiger charge is -2.40. The summed E-state index contributed by atoms with van der Waals surface area (Å²) in [4.78, 5) is 12.8. The predicted molar refractivity (Wildman–Crippen MR) is 101 cm³/mol. The van der Waals surface area contributed by atoms with Crippen LogP contribution in [0.15, 0.2) is 42.5 Å². The number of benzene rings is 2. The lowest BCUT2D eigenvalue weighted by atomic mass is 9.84. The van der Waals surface area contributed by atoms with E-state index in [0.717, 1.165) is 24.3 Å². The van der Waals surface area contributed by atoms with Crippen LogP contribution in [-0.2, 0) is 23.7 Å². The van der Waals surface area contributed by atoms with Gasteiger partial charge in [-0.1, -0.05) is 18.2 Å². The molecule has 0 saturated carbocycles. The molecule has 0 amide bonds. The lowest BCUT2D eigenvalue weighted by molar-refractivity contribution is -0.140. The molecule has 0 spiro atoms. The van der Waals surface area contributed by atoms with Crippen molar-refractivity contribution >= 4 is 5.97 Å². The van der Waals surface area contributed by atoms with Crippen molar-refractivity contribution in [2.75, 3.05) is 6.54 Å². The normalized spacial score (nSPS) is 20.3. The Kier molecular flexibility index (Phi) is 6.83. The first kappa shape index (κ1) is 24.0. The highest BCUT2D eigenvalue weighted by atomic mass is 19.4. The van der Waals surface area contributed by atoms with Crippen molar-refractivity contribution in [3.05, 3.63) is 70.5 Å².